The highest BCUT2D eigenvalue weighted by Gasteiger charge is 2.42. The van der Waals surface area contributed by atoms with Crippen LogP contribution in [0.3, 0.4) is 0 Å². The van der Waals surface area contributed by atoms with Crippen LogP contribution in [0.2, 0.25) is 0 Å². The summed E-state index contributed by atoms with van der Waals surface area (Å²) in [5.74, 6) is -0.984. The Bertz CT molecular complexity index is 548. The largest absolute Gasteiger partial charge is 0.478 e. The Labute approximate surface area is 106 Å². The minimum atomic E-state index is -1.24. The lowest BCUT2D eigenvalue weighted by Gasteiger charge is -2.15. The van der Waals surface area contributed by atoms with Crippen LogP contribution in [0.5, 0.6) is 0 Å². The number of carboxylic acids is 1. The summed E-state index contributed by atoms with van der Waals surface area (Å²) in [7, 11) is 0. The molecule has 0 fully saturated rings. The molecule has 1 atom stereocenters. The van der Waals surface area contributed by atoms with Gasteiger partial charge in [-0.05, 0) is 50.5 Å². The standard InChI is InChI=1S/C14H17NO3/c1-8-5-10(3)11(6-9(8)2)12-7-14(4,13(16)17)18-15-12/h5-6H,7H2,1-4H3,(H,16,17). The maximum atomic E-state index is 11.1. The van der Waals surface area contributed by atoms with Gasteiger partial charge in [0.1, 0.15) is 0 Å². The third kappa shape index (κ3) is 1.98. The van der Waals surface area contributed by atoms with Gasteiger partial charge in [-0.15, -0.1) is 0 Å². The maximum Gasteiger partial charge on any atom is 0.351 e. The number of nitrogens with zero attached hydrogens (tertiary/aromatic N) is 1. The van der Waals surface area contributed by atoms with E-state index < -0.39 is 11.6 Å². The minimum absolute atomic E-state index is 0.297. The lowest BCUT2D eigenvalue weighted by atomic mass is 9.91. The predicted octanol–water partition coefficient (Wildman–Crippen LogP) is 2.58. The van der Waals surface area contributed by atoms with Crippen molar-refractivity contribution in [2.24, 2.45) is 5.16 Å². The van der Waals surface area contributed by atoms with Crippen molar-refractivity contribution in [1.82, 2.24) is 0 Å². The zero-order valence-corrected chi connectivity index (χ0v) is 11.1. The number of carbonyl (C=O) groups is 1. The van der Waals surface area contributed by atoms with Crippen molar-refractivity contribution in [3.8, 4) is 0 Å². The molecule has 96 valence electrons. The third-order valence-corrected chi connectivity index (χ3v) is 3.47. The lowest BCUT2D eigenvalue weighted by molar-refractivity contribution is -0.160. The van der Waals surface area contributed by atoms with Gasteiger partial charge in [0, 0.05) is 12.0 Å². The van der Waals surface area contributed by atoms with Crippen molar-refractivity contribution in [1.29, 1.82) is 0 Å². The first-order valence-electron chi connectivity index (χ1n) is 5.90. The molecular formula is C14H17NO3. The molecule has 0 aliphatic carbocycles. The van der Waals surface area contributed by atoms with Gasteiger partial charge in [0.05, 0.1) is 5.71 Å². The molecule has 4 nitrogen and oxygen atoms in total. The molecule has 1 unspecified atom stereocenters. The second-order valence-electron chi connectivity index (χ2n) is 5.09. The monoisotopic (exact) mass is 247 g/mol. The fourth-order valence-electron chi connectivity index (χ4n) is 2.07. The molecule has 0 aromatic heterocycles. The Balaban J connectivity index is 2.36. The molecule has 1 aliphatic heterocycles. The van der Waals surface area contributed by atoms with E-state index in [1.807, 2.05) is 19.9 Å². The summed E-state index contributed by atoms with van der Waals surface area (Å²) < 4.78 is 0. The molecular weight excluding hydrogens is 230 g/mol. The average Bonchev–Trinajstić information content (AvgIpc) is 2.68. The first kappa shape index (κ1) is 12.6. The number of aryl methyl sites for hydroxylation is 3. The molecule has 2 rings (SSSR count). The second-order valence-corrected chi connectivity index (χ2v) is 5.09. The maximum absolute atomic E-state index is 11.1. The van der Waals surface area contributed by atoms with Gasteiger partial charge in [0.15, 0.2) is 0 Å². The summed E-state index contributed by atoms with van der Waals surface area (Å²) in [5.41, 5.74) is 3.93. The van der Waals surface area contributed by atoms with Crippen LogP contribution in [0, 0.1) is 20.8 Å². The van der Waals surface area contributed by atoms with Crippen LogP contribution in [-0.2, 0) is 9.63 Å². The Hall–Kier alpha value is -1.84. The molecule has 18 heavy (non-hydrogen) atoms. The molecule has 1 aliphatic rings. The molecule has 1 heterocycles. The summed E-state index contributed by atoms with van der Waals surface area (Å²) >= 11 is 0. The van der Waals surface area contributed by atoms with Crippen LogP contribution >= 0.6 is 0 Å². The highest BCUT2D eigenvalue weighted by Crippen LogP contribution is 2.28. The highest BCUT2D eigenvalue weighted by molar-refractivity contribution is 6.05. The Morgan fingerprint density at radius 1 is 1.28 bits per heavy atom. The molecule has 0 spiro atoms. The van der Waals surface area contributed by atoms with Crippen LogP contribution < -0.4 is 0 Å². The van der Waals surface area contributed by atoms with E-state index in [0.29, 0.717) is 12.1 Å². The first-order valence-corrected chi connectivity index (χ1v) is 5.90. The lowest BCUT2D eigenvalue weighted by Crippen LogP contribution is -2.35. The molecule has 0 bridgehead atoms. The minimum Gasteiger partial charge on any atom is -0.478 e. The summed E-state index contributed by atoms with van der Waals surface area (Å²) in [6.07, 6.45) is 0.297. The highest BCUT2D eigenvalue weighted by atomic mass is 16.7. The summed E-state index contributed by atoms with van der Waals surface area (Å²) in [4.78, 5) is 16.2. The SMILES string of the molecule is Cc1cc(C)c(C2=NOC(C)(C(=O)O)C2)cc1C. The normalized spacial score (nSPS) is 22.6. The van der Waals surface area contributed by atoms with Gasteiger partial charge in [0.25, 0.3) is 0 Å². The zero-order valence-electron chi connectivity index (χ0n) is 11.1. The van der Waals surface area contributed by atoms with Crippen molar-refractivity contribution in [2.45, 2.75) is 39.7 Å². The first-order chi connectivity index (χ1) is 8.33. The van der Waals surface area contributed by atoms with Crippen molar-refractivity contribution < 1.29 is 14.7 Å². The summed E-state index contributed by atoms with van der Waals surface area (Å²) in [6.45, 7) is 7.63. The van der Waals surface area contributed by atoms with Crippen LogP contribution in [0.15, 0.2) is 17.3 Å². The zero-order chi connectivity index (χ0) is 13.5. The molecule has 1 aromatic carbocycles. The number of aliphatic carboxylic acids is 1. The van der Waals surface area contributed by atoms with E-state index >= 15 is 0 Å². The molecule has 4 heteroatoms. The van der Waals surface area contributed by atoms with E-state index in [4.69, 9.17) is 9.94 Å². The molecule has 0 saturated heterocycles. The molecule has 0 radical (unpaired) electrons. The smallest absolute Gasteiger partial charge is 0.351 e. The molecule has 0 amide bonds. The van der Waals surface area contributed by atoms with Crippen LogP contribution in [0.1, 0.15) is 35.6 Å². The number of carboxylic acid groups (broad SMARTS) is 1. The van der Waals surface area contributed by atoms with E-state index in [-0.39, 0.29) is 0 Å². The van der Waals surface area contributed by atoms with Gasteiger partial charge >= 0.3 is 5.97 Å². The van der Waals surface area contributed by atoms with Crippen LogP contribution in [-0.4, -0.2) is 22.4 Å². The van der Waals surface area contributed by atoms with E-state index in [0.717, 1.165) is 11.1 Å². The number of hydrogen-bond donors (Lipinski definition) is 1. The molecule has 1 aromatic rings. The van der Waals surface area contributed by atoms with Crippen LogP contribution in [0.25, 0.3) is 0 Å². The van der Waals surface area contributed by atoms with Crippen molar-refractivity contribution in [3.05, 3.63) is 34.4 Å². The third-order valence-electron chi connectivity index (χ3n) is 3.47. The van der Waals surface area contributed by atoms with E-state index in [1.165, 1.54) is 11.1 Å². The number of hydrogen-bond acceptors (Lipinski definition) is 3. The van der Waals surface area contributed by atoms with Crippen molar-refractivity contribution in [3.63, 3.8) is 0 Å². The molecule has 1 N–H and O–H groups in total. The van der Waals surface area contributed by atoms with Crippen molar-refractivity contribution in [2.75, 3.05) is 0 Å². The average molecular weight is 247 g/mol. The topological polar surface area (TPSA) is 58.9 Å². The van der Waals surface area contributed by atoms with Gasteiger partial charge in [0.2, 0.25) is 5.60 Å². The quantitative estimate of drug-likeness (QED) is 0.873. The van der Waals surface area contributed by atoms with Crippen molar-refractivity contribution >= 4 is 11.7 Å². The summed E-state index contributed by atoms with van der Waals surface area (Å²) in [5, 5.41) is 13.1. The van der Waals surface area contributed by atoms with E-state index in [9.17, 15) is 4.79 Å². The van der Waals surface area contributed by atoms with Gasteiger partial charge < -0.3 is 9.94 Å². The van der Waals surface area contributed by atoms with Gasteiger partial charge in [-0.2, -0.15) is 0 Å². The van der Waals surface area contributed by atoms with Crippen LogP contribution in [0.4, 0.5) is 0 Å². The van der Waals surface area contributed by atoms with E-state index in [2.05, 4.69) is 18.1 Å². The Kier molecular flexibility index (Phi) is 2.89. The predicted molar refractivity (Wildman–Crippen MR) is 68.9 cm³/mol. The fraction of sp³-hybridized carbons (Fsp3) is 0.429. The summed E-state index contributed by atoms with van der Waals surface area (Å²) in [6, 6.07) is 4.13. The van der Waals surface area contributed by atoms with Gasteiger partial charge in [-0.1, -0.05) is 11.2 Å². The van der Waals surface area contributed by atoms with E-state index in [1.54, 1.807) is 6.92 Å². The number of benzene rings is 1. The number of oxime groups is 1. The Morgan fingerprint density at radius 3 is 2.44 bits per heavy atom. The molecule has 0 saturated carbocycles. The van der Waals surface area contributed by atoms with Gasteiger partial charge in [-0.25, -0.2) is 4.79 Å². The number of rotatable bonds is 2. The fourth-order valence-corrected chi connectivity index (χ4v) is 2.07. The Morgan fingerprint density at radius 2 is 1.89 bits per heavy atom. The van der Waals surface area contributed by atoms with Gasteiger partial charge in [-0.3, -0.25) is 0 Å². The second kappa shape index (κ2) is 4.12.